The molecule has 0 spiro atoms. The minimum absolute atomic E-state index is 0. The maximum absolute atomic E-state index is 4.54. The zero-order valence-corrected chi connectivity index (χ0v) is 25.5. The van der Waals surface area contributed by atoms with Gasteiger partial charge < -0.3 is 29.7 Å². The molecule has 0 fully saturated rings. The Morgan fingerprint density at radius 3 is 1.98 bits per heavy atom. The lowest BCUT2D eigenvalue weighted by atomic mass is 10.2. The Kier molecular flexibility index (Phi) is 14.5. The number of aromatic nitrogens is 2. The molecule has 0 atom stereocenters. The summed E-state index contributed by atoms with van der Waals surface area (Å²) in [7, 11) is 6.02. The van der Waals surface area contributed by atoms with E-state index in [0.717, 1.165) is 54.4 Å². The van der Waals surface area contributed by atoms with Gasteiger partial charge in [-0.1, -0.05) is 24.3 Å². The molecule has 0 radical (unpaired) electrons. The molecular formula is C32H39Cl2N7. The first-order valence-electron chi connectivity index (χ1n) is 13.6. The van der Waals surface area contributed by atoms with Gasteiger partial charge >= 0.3 is 5.82 Å². The van der Waals surface area contributed by atoms with E-state index in [1.165, 1.54) is 12.8 Å². The summed E-state index contributed by atoms with van der Waals surface area (Å²) in [5.41, 5.74) is 4.16. The highest BCUT2D eigenvalue weighted by Crippen LogP contribution is 2.20. The van der Waals surface area contributed by atoms with E-state index in [-0.39, 0.29) is 24.8 Å². The lowest BCUT2D eigenvalue weighted by Crippen LogP contribution is -3.00. The van der Waals surface area contributed by atoms with Crippen LogP contribution in [0.15, 0.2) is 119 Å². The van der Waals surface area contributed by atoms with Gasteiger partial charge in [-0.15, -0.1) is 0 Å². The Morgan fingerprint density at radius 1 is 0.634 bits per heavy atom. The third kappa shape index (κ3) is 10.9. The zero-order valence-electron chi connectivity index (χ0n) is 24.0. The maximum atomic E-state index is 4.54. The molecule has 0 saturated heterocycles. The average molecular weight is 593 g/mol. The van der Waals surface area contributed by atoms with Gasteiger partial charge in [0.2, 0.25) is 0 Å². The average Bonchev–Trinajstić information content (AvgIpc) is 2.98. The molecule has 0 aliphatic heterocycles. The lowest BCUT2D eigenvalue weighted by Gasteiger charge is -2.11. The van der Waals surface area contributed by atoms with Crippen molar-refractivity contribution in [2.75, 3.05) is 31.1 Å². The van der Waals surface area contributed by atoms with Gasteiger partial charge in [0.05, 0.1) is 29.8 Å². The Hall–Kier alpha value is -3.81. The van der Waals surface area contributed by atoms with Crippen molar-refractivity contribution in [3.63, 3.8) is 0 Å². The topological polar surface area (TPSA) is 51.3 Å². The molecule has 9 heteroatoms. The number of unbranched alkanes of at least 4 members (excludes halogenated alkanes) is 3. The summed E-state index contributed by atoms with van der Waals surface area (Å²) in [6.45, 7) is 1.96. The number of halogens is 2. The minimum Gasteiger partial charge on any atom is -1.00 e. The van der Waals surface area contributed by atoms with Crippen LogP contribution in [0.5, 0.6) is 0 Å². The van der Waals surface area contributed by atoms with Gasteiger partial charge in [-0.25, -0.2) is 9.13 Å². The van der Waals surface area contributed by atoms with Crippen molar-refractivity contribution in [1.29, 1.82) is 0 Å². The van der Waals surface area contributed by atoms with Crippen molar-refractivity contribution >= 4 is 29.1 Å². The van der Waals surface area contributed by atoms with E-state index in [1.54, 1.807) is 0 Å². The minimum atomic E-state index is 0. The molecule has 4 rings (SSSR count). The zero-order chi connectivity index (χ0) is 27.3. The standard InChI is InChI=1S/C32H39N7.2ClH/c1-36(2)30-18-16-29(17-19-30)34-35-32-15-9-12-24-39(32)23-11-5-4-10-22-38-25-20-28(21-26-38)27-33-37(3)31-13-7-6-8-14-31;;/h6-9,12-21,24-27H,4-5,10-11,22-23H2,1-3H3;2*1H/q+2;;/p-2. The molecule has 0 N–H and O–H groups in total. The van der Waals surface area contributed by atoms with Gasteiger partial charge in [-0.3, -0.25) is 5.01 Å². The lowest BCUT2D eigenvalue weighted by molar-refractivity contribution is -0.697. The quantitative estimate of drug-likeness (QED) is 0.0747. The number of aryl methyl sites for hydroxylation is 2. The molecule has 0 saturated carbocycles. The number of hydrazone groups is 1. The molecule has 41 heavy (non-hydrogen) atoms. The number of azo groups is 1. The molecular weight excluding hydrogens is 553 g/mol. The van der Waals surface area contributed by atoms with Crippen LogP contribution in [0.2, 0.25) is 0 Å². The number of hydrogen-bond acceptors (Lipinski definition) is 5. The first-order valence-corrected chi connectivity index (χ1v) is 13.6. The predicted molar refractivity (Wildman–Crippen MR) is 159 cm³/mol. The van der Waals surface area contributed by atoms with Crippen molar-refractivity contribution in [3.8, 4) is 0 Å². The molecule has 0 aliphatic carbocycles. The van der Waals surface area contributed by atoms with E-state index >= 15 is 0 Å². The molecule has 0 bridgehead atoms. The van der Waals surface area contributed by atoms with Gasteiger partial charge in [0.1, 0.15) is 12.2 Å². The predicted octanol–water partition coefficient (Wildman–Crippen LogP) is 0.482. The third-order valence-electron chi connectivity index (χ3n) is 6.54. The van der Waals surface area contributed by atoms with E-state index in [9.17, 15) is 0 Å². The number of hydrogen-bond donors (Lipinski definition) is 0. The molecule has 0 amide bonds. The fourth-order valence-electron chi connectivity index (χ4n) is 4.17. The summed E-state index contributed by atoms with van der Waals surface area (Å²) < 4.78 is 4.43. The fraction of sp³-hybridized carbons (Fsp3) is 0.281. The van der Waals surface area contributed by atoms with E-state index in [1.807, 2.05) is 87.0 Å². The molecule has 7 nitrogen and oxygen atoms in total. The molecule has 0 unspecified atom stereocenters. The van der Waals surface area contributed by atoms with Crippen molar-refractivity contribution < 1.29 is 33.9 Å². The SMILES string of the molecule is CN(C)c1ccc(N=Nc2cccc[n+]2CCCCCC[n+]2ccc(/C=N\N(C)c3ccccc3)cc2)cc1.[Cl-].[Cl-]. The van der Waals surface area contributed by atoms with Crippen LogP contribution in [0.3, 0.4) is 0 Å². The Balaban J connectivity index is 0.00000294. The molecule has 2 aromatic carbocycles. The summed E-state index contributed by atoms with van der Waals surface area (Å²) in [6.07, 6.45) is 12.9. The molecule has 0 aliphatic rings. The normalized spacial score (nSPS) is 10.8. The Morgan fingerprint density at radius 2 is 1.29 bits per heavy atom. The Labute approximate surface area is 256 Å². The first kappa shape index (κ1) is 33.4. The molecule has 216 valence electrons. The van der Waals surface area contributed by atoms with Gasteiger partial charge in [0.15, 0.2) is 12.4 Å². The summed E-state index contributed by atoms with van der Waals surface area (Å²) >= 11 is 0. The van der Waals surface area contributed by atoms with Crippen LogP contribution in [-0.4, -0.2) is 27.4 Å². The first-order chi connectivity index (χ1) is 19.1. The van der Waals surface area contributed by atoms with Crippen LogP contribution in [0.25, 0.3) is 0 Å². The van der Waals surface area contributed by atoms with Crippen LogP contribution in [-0.2, 0) is 13.1 Å². The summed E-state index contributed by atoms with van der Waals surface area (Å²) in [5.74, 6) is 0.878. The van der Waals surface area contributed by atoms with E-state index in [0.29, 0.717) is 0 Å². The summed E-state index contributed by atoms with van der Waals surface area (Å²) in [6, 6.07) is 28.5. The van der Waals surface area contributed by atoms with Crippen molar-refractivity contribution in [3.05, 3.63) is 109 Å². The van der Waals surface area contributed by atoms with Crippen LogP contribution < -0.4 is 43.9 Å². The number of rotatable bonds is 13. The van der Waals surface area contributed by atoms with E-state index in [2.05, 4.69) is 78.3 Å². The fourth-order valence-corrected chi connectivity index (χ4v) is 4.17. The molecule has 4 aromatic rings. The summed E-state index contributed by atoms with van der Waals surface area (Å²) in [4.78, 5) is 2.07. The monoisotopic (exact) mass is 591 g/mol. The highest BCUT2D eigenvalue weighted by atomic mass is 35.5. The number of benzene rings is 2. The maximum Gasteiger partial charge on any atom is 0.350 e. The molecule has 2 heterocycles. The second-order valence-electron chi connectivity index (χ2n) is 9.75. The van der Waals surface area contributed by atoms with Gasteiger partial charge in [0.25, 0.3) is 0 Å². The number of anilines is 2. The van der Waals surface area contributed by atoms with Crippen LogP contribution >= 0.6 is 0 Å². The van der Waals surface area contributed by atoms with Crippen LogP contribution in [0.4, 0.5) is 22.9 Å². The van der Waals surface area contributed by atoms with E-state index < -0.39 is 0 Å². The highest BCUT2D eigenvalue weighted by Gasteiger charge is 2.09. The Bertz CT molecular complexity index is 1340. The smallest absolute Gasteiger partial charge is 0.350 e. The van der Waals surface area contributed by atoms with Crippen LogP contribution in [0, 0.1) is 0 Å². The number of para-hydroxylation sites is 1. The third-order valence-corrected chi connectivity index (χ3v) is 6.54. The van der Waals surface area contributed by atoms with E-state index in [4.69, 9.17) is 0 Å². The second-order valence-corrected chi connectivity index (χ2v) is 9.75. The van der Waals surface area contributed by atoms with Crippen molar-refractivity contribution in [1.82, 2.24) is 0 Å². The highest BCUT2D eigenvalue weighted by molar-refractivity contribution is 5.79. The van der Waals surface area contributed by atoms with Gasteiger partial charge in [-0.05, 0) is 66.8 Å². The largest absolute Gasteiger partial charge is 1.00 e. The molecule has 2 aromatic heterocycles. The van der Waals surface area contributed by atoms with Crippen molar-refractivity contribution in [2.45, 2.75) is 38.8 Å². The second kappa shape index (κ2) is 17.8. The van der Waals surface area contributed by atoms with Crippen LogP contribution in [0.1, 0.15) is 31.2 Å². The summed E-state index contributed by atoms with van der Waals surface area (Å²) in [5, 5.41) is 15.4. The van der Waals surface area contributed by atoms with Gasteiger partial charge in [0, 0.05) is 57.0 Å². The number of pyridine rings is 2. The number of nitrogens with zero attached hydrogens (tertiary/aromatic N) is 7. The van der Waals surface area contributed by atoms with Gasteiger partial charge in [-0.2, -0.15) is 5.10 Å². The van der Waals surface area contributed by atoms with Crippen molar-refractivity contribution in [2.24, 2.45) is 15.3 Å².